The van der Waals surface area contributed by atoms with Crippen LogP contribution in [0.25, 0.3) is 0 Å². The highest BCUT2D eigenvalue weighted by Crippen LogP contribution is 2.32. The third kappa shape index (κ3) is 3.04. The van der Waals surface area contributed by atoms with Gasteiger partial charge >= 0.3 is 6.03 Å². The fraction of sp³-hybridized carbons (Fsp3) is 0.467. The fourth-order valence-corrected chi connectivity index (χ4v) is 2.61. The second-order valence-electron chi connectivity index (χ2n) is 5.53. The Labute approximate surface area is 133 Å². The maximum absolute atomic E-state index is 12.6. The van der Waals surface area contributed by atoms with Crippen molar-refractivity contribution in [2.24, 2.45) is 0 Å². The Morgan fingerprint density at radius 1 is 1.48 bits per heavy atom. The van der Waals surface area contributed by atoms with Gasteiger partial charge < -0.3 is 15.1 Å². The number of urea groups is 1. The van der Waals surface area contributed by atoms with Gasteiger partial charge in [0.25, 0.3) is 5.91 Å². The Morgan fingerprint density at radius 3 is 2.74 bits per heavy atom. The number of carbonyl (C=O) groups is 3. The molecule has 8 nitrogen and oxygen atoms in total. The number of furan rings is 1. The molecule has 4 amide bonds. The highest BCUT2D eigenvalue weighted by atomic mass is 16.3. The first-order valence-corrected chi connectivity index (χ1v) is 7.15. The molecule has 23 heavy (non-hydrogen) atoms. The second kappa shape index (κ2) is 6.12. The van der Waals surface area contributed by atoms with E-state index in [2.05, 4.69) is 10.6 Å². The number of carbonyl (C=O) groups excluding carboxylic acids is 3. The van der Waals surface area contributed by atoms with Gasteiger partial charge in [-0.1, -0.05) is 0 Å². The lowest BCUT2D eigenvalue weighted by atomic mass is 9.92. The lowest BCUT2D eigenvalue weighted by Crippen LogP contribution is -2.43. The first-order valence-electron chi connectivity index (χ1n) is 7.15. The monoisotopic (exact) mass is 318 g/mol. The Bertz CT molecular complexity index is 703. The van der Waals surface area contributed by atoms with Crippen molar-refractivity contribution in [1.82, 2.24) is 15.5 Å². The molecule has 0 spiro atoms. The van der Waals surface area contributed by atoms with Crippen LogP contribution in [0.3, 0.4) is 0 Å². The molecular formula is C15H18N4O4. The predicted molar refractivity (Wildman–Crippen MR) is 79.0 cm³/mol. The van der Waals surface area contributed by atoms with Gasteiger partial charge in [0.2, 0.25) is 5.91 Å². The lowest BCUT2D eigenvalue weighted by molar-refractivity contribution is -0.134. The van der Waals surface area contributed by atoms with Crippen molar-refractivity contribution >= 4 is 17.8 Å². The molecule has 2 rings (SSSR count). The largest absolute Gasteiger partial charge is 0.466 e. The summed E-state index contributed by atoms with van der Waals surface area (Å²) in [4.78, 5) is 37.4. The number of rotatable bonds is 5. The number of hydrogen-bond acceptors (Lipinski definition) is 5. The predicted octanol–water partition coefficient (Wildman–Crippen LogP) is 0.693. The van der Waals surface area contributed by atoms with Gasteiger partial charge in [0.15, 0.2) is 0 Å². The number of aryl methyl sites for hydroxylation is 2. The third-order valence-electron chi connectivity index (χ3n) is 3.72. The van der Waals surface area contributed by atoms with Crippen molar-refractivity contribution in [2.75, 3.05) is 13.1 Å². The van der Waals surface area contributed by atoms with Gasteiger partial charge in [-0.15, -0.1) is 0 Å². The number of nitrogens with one attached hydrogen (secondary N) is 2. The molecule has 122 valence electrons. The molecule has 1 aromatic rings. The van der Waals surface area contributed by atoms with Crippen LogP contribution in [0, 0.1) is 25.2 Å². The standard InChI is InChI=1S/C15H18N4O4/c1-9-7-11(10(2)23-9)15(3)13(21)19(14(22)18-15)8-12(20)17-6-4-5-16/h7H,4,6,8H2,1-3H3,(H,17,20)(H,18,22)/t15-/m1/s1. The van der Waals surface area contributed by atoms with Gasteiger partial charge in [-0.25, -0.2) is 4.79 Å². The number of nitrogens with zero attached hydrogens (tertiary/aromatic N) is 2. The highest BCUT2D eigenvalue weighted by molar-refractivity contribution is 6.09. The van der Waals surface area contributed by atoms with E-state index in [1.165, 1.54) is 0 Å². The highest BCUT2D eigenvalue weighted by Gasteiger charge is 2.50. The van der Waals surface area contributed by atoms with Crippen LogP contribution in [0.1, 0.15) is 30.4 Å². The Balaban J connectivity index is 2.15. The Morgan fingerprint density at radius 2 is 2.17 bits per heavy atom. The molecule has 8 heteroatoms. The molecule has 0 aliphatic carbocycles. The summed E-state index contributed by atoms with van der Waals surface area (Å²) in [7, 11) is 0. The minimum atomic E-state index is -1.26. The third-order valence-corrected chi connectivity index (χ3v) is 3.72. The van der Waals surface area contributed by atoms with E-state index >= 15 is 0 Å². The molecule has 0 unspecified atom stereocenters. The summed E-state index contributed by atoms with van der Waals surface area (Å²) < 4.78 is 5.43. The van der Waals surface area contributed by atoms with Crippen LogP contribution in [0.5, 0.6) is 0 Å². The molecular weight excluding hydrogens is 300 g/mol. The van der Waals surface area contributed by atoms with E-state index in [1.54, 1.807) is 26.8 Å². The molecule has 1 aliphatic heterocycles. The number of nitriles is 1. The Kier molecular flexibility index (Phi) is 4.40. The van der Waals surface area contributed by atoms with Crippen LogP contribution < -0.4 is 10.6 Å². The molecule has 0 radical (unpaired) electrons. The van der Waals surface area contributed by atoms with Crippen LogP contribution in [0.4, 0.5) is 4.79 Å². The van der Waals surface area contributed by atoms with E-state index in [9.17, 15) is 14.4 Å². The van der Waals surface area contributed by atoms with E-state index in [0.29, 0.717) is 17.1 Å². The molecule has 0 bridgehead atoms. The summed E-state index contributed by atoms with van der Waals surface area (Å²) in [5, 5.41) is 13.5. The minimum absolute atomic E-state index is 0.164. The zero-order chi connectivity index (χ0) is 17.2. The summed E-state index contributed by atoms with van der Waals surface area (Å²) in [6, 6.07) is 2.96. The van der Waals surface area contributed by atoms with Crippen LogP contribution in [0.2, 0.25) is 0 Å². The van der Waals surface area contributed by atoms with Gasteiger partial charge in [-0.05, 0) is 26.8 Å². The van der Waals surface area contributed by atoms with Crippen LogP contribution in [-0.2, 0) is 15.1 Å². The summed E-state index contributed by atoms with van der Waals surface area (Å²) in [5.41, 5.74) is -0.688. The fourth-order valence-electron chi connectivity index (χ4n) is 2.61. The van der Waals surface area contributed by atoms with Gasteiger partial charge in [0.05, 0.1) is 12.5 Å². The summed E-state index contributed by atoms with van der Waals surface area (Å²) in [5.74, 6) is 0.169. The topological polar surface area (TPSA) is 115 Å². The van der Waals surface area contributed by atoms with Crippen molar-refractivity contribution < 1.29 is 18.8 Å². The quantitative estimate of drug-likeness (QED) is 0.612. The van der Waals surface area contributed by atoms with E-state index in [-0.39, 0.29) is 19.5 Å². The molecule has 2 heterocycles. The average Bonchev–Trinajstić information content (AvgIpc) is 2.92. The van der Waals surface area contributed by atoms with Crippen molar-refractivity contribution in [3.05, 3.63) is 23.2 Å². The van der Waals surface area contributed by atoms with E-state index in [1.807, 2.05) is 6.07 Å². The van der Waals surface area contributed by atoms with Crippen LogP contribution in [-0.4, -0.2) is 35.8 Å². The van der Waals surface area contributed by atoms with Gasteiger partial charge in [0.1, 0.15) is 23.6 Å². The number of hydrogen-bond donors (Lipinski definition) is 2. The molecule has 1 aromatic heterocycles. The lowest BCUT2D eigenvalue weighted by Gasteiger charge is -2.21. The van der Waals surface area contributed by atoms with E-state index in [0.717, 1.165) is 4.90 Å². The first-order chi connectivity index (χ1) is 10.8. The minimum Gasteiger partial charge on any atom is -0.466 e. The Hall–Kier alpha value is -2.82. The summed E-state index contributed by atoms with van der Waals surface area (Å²) in [6.45, 7) is 4.84. The van der Waals surface area contributed by atoms with Gasteiger partial charge in [-0.3, -0.25) is 14.5 Å². The smallest absolute Gasteiger partial charge is 0.325 e. The normalized spacial score (nSPS) is 20.3. The molecule has 1 saturated heterocycles. The molecule has 0 saturated carbocycles. The molecule has 0 aromatic carbocycles. The van der Waals surface area contributed by atoms with Crippen LogP contribution in [0.15, 0.2) is 10.5 Å². The maximum atomic E-state index is 12.6. The number of imide groups is 1. The van der Waals surface area contributed by atoms with Crippen molar-refractivity contribution in [3.63, 3.8) is 0 Å². The molecule has 1 aliphatic rings. The number of amides is 4. The summed E-state index contributed by atoms with van der Waals surface area (Å²) >= 11 is 0. The van der Waals surface area contributed by atoms with Crippen molar-refractivity contribution in [1.29, 1.82) is 5.26 Å². The average molecular weight is 318 g/mol. The van der Waals surface area contributed by atoms with E-state index < -0.39 is 23.4 Å². The summed E-state index contributed by atoms with van der Waals surface area (Å²) in [6.07, 6.45) is 0.164. The van der Waals surface area contributed by atoms with Crippen LogP contribution >= 0.6 is 0 Å². The van der Waals surface area contributed by atoms with Gasteiger partial charge in [0, 0.05) is 12.1 Å². The van der Waals surface area contributed by atoms with Gasteiger partial charge in [-0.2, -0.15) is 5.26 Å². The molecule has 2 N–H and O–H groups in total. The SMILES string of the molecule is Cc1cc([C@@]2(C)NC(=O)N(CC(=O)NCCC#N)C2=O)c(C)o1. The molecule has 1 atom stereocenters. The van der Waals surface area contributed by atoms with Crippen molar-refractivity contribution in [3.8, 4) is 6.07 Å². The molecule has 1 fully saturated rings. The maximum Gasteiger partial charge on any atom is 0.325 e. The zero-order valence-corrected chi connectivity index (χ0v) is 13.2. The van der Waals surface area contributed by atoms with Crippen molar-refractivity contribution in [2.45, 2.75) is 32.7 Å². The first kappa shape index (κ1) is 16.5. The van der Waals surface area contributed by atoms with E-state index in [4.69, 9.17) is 9.68 Å². The second-order valence-corrected chi connectivity index (χ2v) is 5.53. The zero-order valence-electron chi connectivity index (χ0n) is 13.2.